The van der Waals surface area contributed by atoms with Gasteiger partial charge >= 0.3 is 0 Å². The molecule has 0 aromatic heterocycles. The van der Waals surface area contributed by atoms with Gasteiger partial charge in [-0.15, -0.1) is 0 Å². The van der Waals surface area contributed by atoms with E-state index in [0.717, 1.165) is 25.7 Å². The maximum Gasteiger partial charge on any atom is 0.0509 e. The van der Waals surface area contributed by atoms with Crippen molar-refractivity contribution in [2.45, 2.75) is 51.1 Å². The minimum absolute atomic E-state index is 0.468. The highest BCUT2D eigenvalue weighted by molar-refractivity contribution is 4.86. The Morgan fingerprint density at radius 3 is 2.81 bits per heavy atom. The summed E-state index contributed by atoms with van der Waals surface area (Å²) in [4.78, 5) is 0. The fourth-order valence-electron chi connectivity index (χ4n) is 3.14. The van der Waals surface area contributed by atoms with Crippen LogP contribution in [-0.4, -0.2) is 31.8 Å². The second-order valence-electron chi connectivity index (χ2n) is 5.60. The molecule has 2 aliphatic rings. The zero-order valence-corrected chi connectivity index (χ0v) is 10.5. The minimum Gasteiger partial charge on any atom is -0.381 e. The van der Waals surface area contributed by atoms with Gasteiger partial charge in [-0.3, -0.25) is 0 Å². The Hall–Kier alpha value is -0.120. The second kappa shape index (κ2) is 5.99. The van der Waals surface area contributed by atoms with Crippen molar-refractivity contribution in [2.75, 3.05) is 19.8 Å². The third kappa shape index (κ3) is 3.19. The number of nitrogens with one attached hydrogen (secondary N) is 1. The predicted molar refractivity (Wildman–Crippen MR) is 66.3 cm³/mol. The van der Waals surface area contributed by atoms with E-state index in [4.69, 9.17) is 10.5 Å². The molecule has 4 unspecified atom stereocenters. The van der Waals surface area contributed by atoms with Crippen LogP contribution in [0.25, 0.3) is 0 Å². The number of rotatable bonds is 4. The normalized spacial score (nSPS) is 37.5. The molecule has 2 fully saturated rings. The maximum atomic E-state index is 5.90. The number of hydrogen-bond acceptors (Lipinski definition) is 3. The van der Waals surface area contributed by atoms with Crippen LogP contribution in [-0.2, 0) is 4.74 Å². The summed E-state index contributed by atoms with van der Waals surface area (Å²) in [6, 6.07) is 1.17. The smallest absolute Gasteiger partial charge is 0.0509 e. The third-order valence-corrected chi connectivity index (χ3v) is 4.16. The largest absolute Gasteiger partial charge is 0.381 e. The Balaban J connectivity index is 1.80. The lowest BCUT2D eigenvalue weighted by molar-refractivity contribution is 0.0387. The highest BCUT2D eigenvalue weighted by atomic mass is 16.5. The van der Waals surface area contributed by atoms with Crippen LogP contribution >= 0.6 is 0 Å². The molecule has 2 rings (SSSR count). The summed E-state index contributed by atoms with van der Waals surface area (Å²) in [5.74, 6) is 1.52. The standard InChI is InChI=1S/C13H26N2O/c1-10-4-5-12(7-10)15-13(8-14)11-3-2-6-16-9-11/h10-13,15H,2-9,14H2,1H3. The predicted octanol–water partition coefficient (Wildman–Crippen LogP) is 1.52. The van der Waals surface area contributed by atoms with Gasteiger partial charge in [0.05, 0.1) is 6.61 Å². The van der Waals surface area contributed by atoms with Gasteiger partial charge in [0.15, 0.2) is 0 Å². The topological polar surface area (TPSA) is 47.3 Å². The number of hydrogen-bond donors (Lipinski definition) is 2. The zero-order valence-electron chi connectivity index (χ0n) is 10.5. The van der Waals surface area contributed by atoms with E-state index in [1.807, 2.05) is 0 Å². The first-order chi connectivity index (χ1) is 7.79. The van der Waals surface area contributed by atoms with E-state index < -0.39 is 0 Å². The fraction of sp³-hybridized carbons (Fsp3) is 1.00. The number of ether oxygens (including phenoxy) is 1. The van der Waals surface area contributed by atoms with Crippen LogP contribution in [0.1, 0.15) is 39.0 Å². The van der Waals surface area contributed by atoms with Gasteiger partial charge in [0.2, 0.25) is 0 Å². The van der Waals surface area contributed by atoms with Gasteiger partial charge in [0.25, 0.3) is 0 Å². The summed E-state index contributed by atoms with van der Waals surface area (Å²) in [6.07, 6.45) is 6.49. The quantitative estimate of drug-likeness (QED) is 0.764. The highest BCUT2D eigenvalue weighted by Gasteiger charge is 2.28. The van der Waals surface area contributed by atoms with Crippen molar-refractivity contribution >= 4 is 0 Å². The molecule has 0 bridgehead atoms. The van der Waals surface area contributed by atoms with Gasteiger partial charge in [-0.05, 0) is 43.9 Å². The SMILES string of the molecule is CC1CCC(NC(CN)C2CCCOC2)C1. The minimum atomic E-state index is 0.468. The van der Waals surface area contributed by atoms with Gasteiger partial charge in [-0.2, -0.15) is 0 Å². The Bertz CT molecular complexity index is 204. The molecule has 3 nitrogen and oxygen atoms in total. The van der Waals surface area contributed by atoms with Crippen LogP contribution < -0.4 is 11.1 Å². The molecule has 0 spiro atoms. The van der Waals surface area contributed by atoms with Crippen LogP contribution in [0, 0.1) is 11.8 Å². The van der Waals surface area contributed by atoms with E-state index in [2.05, 4.69) is 12.2 Å². The first-order valence-corrected chi connectivity index (χ1v) is 6.83. The molecule has 1 aliphatic heterocycles. The Morgan fingerprint density at radius 2 is 2.25 bits per heavy atom. The monoisotopic (exact) mass is 226 g/mol. The molecule has 0 radical (unpaired) electrons. The molecule has 0 aromatic carbocycles. The molecular weight excluding hydrogens is 200 g/mol. The summed E-state index contributed by atoms with van der Waals surface area (Å²) >= 11 is 0. The summed E-state index contributed by atoms with van der Waals surface area (Å²) in [6.45, 7) is 4.94. The summed E-state index contributed by atoms with van der Waals surface area (Å²) in [7, 11) is 0. The van der Waals surface area contributed by atoms with Gasteiger partial charge in [0, 0.05) is 25.2 Å². The summed E-state index contributed by atoms with van der Waals surface area (Å²) < 4.78 is 5.55. The molecular formula is C13H26N2O. The fourth-order valence-corrected chi connectivity index (χ4v) is 3.14. The molecule has 3 N–H and O–H groups in total. The van der Waals surface area contributed by atoms with Gasteiger partial charge in [0.1, 0.15) is 0 Å². The van der Waals surface area contributed by atoms with Crippen molar-refractivity contribution in [2.24, 2.45) is 17.6 Å². The van der Waals surface area contributed by atoms with Crippen molar-refractivity contribution in [1.29, 1.82) is 0 Å². The molecule has 0 amide bonds. The lowest BCUT2D eigenvalue weighted by atomic mass is 9.93. The molecule has 1 aliphatic carbocycles. The zero-order chi connectivity index (χ0) is 11.4. The molecule has 1 saturated carbocycles. The van der Waals surface area contributed by atoms with Crippen LogP contribution in [0.4, 0.5) is 0 Å². The molecule has 94 valence electrons. The average molecular weight is 226 g/mol. The van der Waals surface area contributed by atoms with Crippen molar-refractivity contribution in [1.82, 2.24) is 5.32 Å². The lowest BCUT2D eigenvalue weighted by Gasteiger charge is -2.32. The van der Waals surface area contributed by atoms with E-state index in [0.29, 0.717) is 18.0 Å². The number of nitrogens with two attached hydrogens (primary N) is 1. The van der Waals surface area contributed by atoms with E-state index >= 15 is 0 Å². The van der Waals surface area contributed by atoms with Crippen molar-refractivity contribution in [3.63, 3.8) is 0 Å². The van der Waals surface area contributed by atoms with Crippen molar-refractivity contribution < 1.29 is 4.74 Å². The maximum absolute atomic E-state index is 5.90. The van der Waals surface area contributed by atoms with E-state index in [-0.39, 0.29) is 0 Å². The average Bonchev–Trinajstić information content (AvgIpc) is 2.73. The molecule has 0 aromatic rings. The molecule has 3 heteroatoms. The molecule has 16 heavy (non-hydrogen) atoms. The Kier molecular flexibility index (Phi) is 4.62. The molecule has 1 saturated heterocycles. The first kappa shape index (κ1) is 12.3. The second-order valence-corrected chi connectivity index (χ2v) is 5.60. The van der Waals surface area contributed by atoms with Crippen LogP contribution in [0.2, 0.25) is 0 Å². The third-order valence-electron chi connectivity index (χ3n) is 4.16. The summed E-state index contributed by atoms with van der Waals surface area (Å²) in [5, 5.41) is 3.76. The Labute approximate surface area is 99.1 Å². The van der Waals surface area contributed by atoms with Crippen LogP contribution in [0.5, 0.6) is 0 Å². The highest BCUT2D eigenvalue weighted by Crippen LogP contribution is 2.26. The lowest BCUT2D eigenvalue weighted by Crippen LogP contribution is -2.48. The summed E-state index contributed by atoms with van der Waals surface area (Å²) in [5.41, 5.74) is 5.90. The van der Waals surface area contributed by atoms with Crippen molar-refractivity contribution in [3.8, 4) is 0 Å². The first-order valence-electron chi connectivity index (χ1n) is 6.83. The molecule has 4 atom stereocenters. The van der Waals surface area contributed by atoms with Gasteiger partial charge in [-0.1, -0.05) is 6.92 Å². The van der Waals surface area contributed by atoms with E-state index in [9.17, 15) is 0 Å². The van der Waals surface area contributed by atoms with E-state index in [1.165, 1.54) is 32.1 Å². The van der Waals surface area contributed by atoms with E-state index in [1.54, 1.807) is 0 Å². The van der Waals surface area contributed by atoms with Crippen LogP contribution in [0.3, 0.4) is 0 Å². The molecule has 1 heterocycles. The van der Waals surface area contributed by atoms with Gasteiger partial charge < -0.3 is 15.8 Å². The van der Waals surface area contributed by atoms with Crippen LogP contribution in [0.15, 0.2) is 0 Å². The van der Waals surface area contributed by atoms with Crippen molar-refractivity contribution in [3.05, 3.63) is 0 Å². The Morgan fingerprint density at radius 1 is 1.38 bits per heavy atom. The van der Waals surface area contributed by atoms with Gasteiger partial charge in [-0.25, -0.2) is 0 Å².